The largest absolute Gasteiger partial charge is 0.490 e. The van der Waals surface area contributed by atoms with Gasteiger partial charge in [0, 0.05) is 11.1 Å². The summed E-state index contributed by atoms with van der Waals surface area (Å²) >= 11 is 0. The molecule has 0 spiro atoms. The van der Waals surface area contributed by atoms with E-state index >= 15 is 0 Å². The minimum Gasteiger partial charge on any atom is -0.490 e. The molecule has 0 aliphatic rings. The SMILES string of the molecule is CCOc1ccc(C(=O)N=C(N)c2ccc(C#N)cc2C)cc1OCC. The number of ether oxygens (including phenoxy) is 2. The predicted molar refractivity (Wildman–Crippen MR) is 99.7 cm³/mol. The number of nitrogens with two attached hydrogens (primary N) is 1. The summed E-state index contributed by atoms with van der Waals surface area (Å²) in [6.07, 6.45) is 0. The Labute approximate surface area is 152 Å². The van der Waals surface area contributed by atoms with Crippen LogP contribution in [0.3, 0.4) is 0 Å². The zero-order chi connectivity index (χ0) is 19.1. The van der Waals surface area contributed by atoms with Crippen molar-refractivity contribution in [1.29, 1.82) is 5.26 Å². The third kappa shape index (κ3) is 4.39. The first-order valence-corrected chi connectivity index (χ1v) is 8.29. The summed E-state index contributed by atoms with van der Waals surface area (Å²) in [5.74, 6) is 0.688. The minimum absolute atomic E-state index is 0.101. The van der Waals surface area contributed by atoms with Crippen molar-refractivity contribution >= 4 is 11.7 Å². The second-order valence-electron chi connectivity index (χ2n) is 5.47. The third-order valence-corrected chi connectivity index (χ3v) is 3.64. The van der Waals surface area contributed by atoms with Crippen molar-refractivity contribution in [2.24, 2.45) is 10.7 Å². The van der Waals surface area contributed by atoms with Crippen molar-refractivity contribution in [1.82, 2.24) is 0 Å². The van der Waals surface area contributed by atoms with Gasteiger partial charge in [-0.15, -0.1) is 0 Å². The van der Waals surface area contributed by atoms with Crippen molar-refractivity contribution in [3.63, 3.8) is 0 Å². The number of amides is 1. The number of nitrogens with zero attached hydrogens (tertiary/aromatic N) is 2. The highest BCUT2D eigenvalue weighted by molar-refractivity contribution is 6.09. The first-order chi connectivity index (χ1) is 12.5. The Morgan fingerprint density at radius 2 is 1.81 bits per heavy atom. The summed E-state index contributed by atoms with van der Waals surface area (Å²) in [6, 6.07) is 12.0. The van der Waals surface area contributed by atoms with E-state index < -0.39 is 5.91 Å². The quantitative estimate of drug-likeness (QED) is 0.636. The van der Waals surface area contributed by atoms with Gasteiger partial charge < -0.3 is 15.2 Å². The van der Waals surface area contributed by atoms with Crippen LogP contribution >= 0.6 is 0 Å². The molecule has 0 heterocycles. The maximum atomic E-state index is 12.5. The van der Waals surface area contributed by atoms with Crippen molar-refractivity contribution in [2.45, 2.75) is 20.8 Å². The molecule has 6 nitrogen and oxygen atoms in total. The van der Waals surface area contributed by atoms with Crippen molar-refractivity contribution in [2.75, 3.05) is 13.2 Å². The highest BCUT2D eigenvalue weighted by atomic mass is 16.5. The van der Waals surface area contributed by atoms with Gasteiger partial charge in [0.15, 0.2) is 11.5 Å². The molecule has 0 aromatic heterocycles. The lowest BCUT2D eigenvalue weighted by Crippen LogP contribution is -2.17. The fourth-order valence-electron chi connectivity index (χ4n) is 2.44. The lowest BCUT2D eigenvalue weighted by atomic mass is 10.0. The van der Waals surface area contributed by atoms with E-state index in [1.165, 1.54) is 0 Å². The first-order valence-electron chi connectivity index (χ1n) is 8.29. The van der Waals surface area contributed by atoms with Crippen LogP contribution in [0.25, 0.3) is 0 Å². The van der Waals surface area contributed by atoms with Crippen molar-refractivity contribution < 1.29 is 14.3 Å². The number of hydrogen-bond donors (Lipinski definition) is 1. The number of amidine groups is 1. The van der Waals surface area contributed by atoms with Crippen LogP contribution in [0.5, 0.6) is 11.5 Å². The molecule has 2 rings (SSSR count). The van der Waals surface area contributed by atoms with Gasteiger partial charge in [0.2, 0.25) is 0 Å². The number of rotatable bonds is 6. The fourth-order valence-corrected chi connectivity index (χ4v) is 2.44. The minimum atomic E-state index is -0.477. The van der Waals surface area contributed by atoms with Gasteiger partial charge >= 0.3 is 0 Å². The van der Waals surface area contributed by atoms with Crippen LogP contribution in [0, 0.1) is 18.3 Å². The van der Waals surface area contributed by atoms with Gasteiger partial charge in [-0.25, -0.2) is 0 Å². The number of benzene rings is 2. The average molecular weight is 351 g/mol. The van der Waals surface area contributed by atoms with E-state index in [1.807, 2.05) is 20.8 Å². The fraction of sp³-hybridized carbons (Fsp3) is 0.250. The molecular weight excluding hydrogens is 330 g/mol. The standard InChI is InChI=1S/C20H21N3O3/c1-4-25-17-9-7-15(11-18(17)26-5-2)20(24)23-19(22)16-8-6-14(12-21)10-13(16)3/h6-11H,4-5H2,1-3H3,(H2,22,23,24). The molecular formula is C20H21N3O3. The van der Waals surface area contributed by atoms with Gasteiger partial charge in [-0.3, -0.25) is 4.79 Å². The molecule has 0 aliphatic carbocycles. The zero-order valence-corrected chi connectivity index (χ0v) is 15.1. The van der Waals surface area contributed by atoms with Crippen LogP contribution in [-0.4, -0.2) is 25.0 Å². The Hall–Kier alpha value is -3.33. The maximum absolute atomic E-state index is 12.5. The molecule has 0 saturated heterocycles. The summed E-state index contributed by atoms with van der Waals surface area (Å²) in [7, 11) is 0. The van der Waals surface area contributed by atoms with Gasteiger partial charge in [0.05, 0.1) is 24.8 Å². The second-order valence-corrected chi connectivity index (χ2v) is 5.47. The van der Waals surface area contributed by atoms with E-state index in [0.717, 1.165) is 5.56 Å². The molecule has 0 aliphatic heterocycles. The van der Waals surface area contributed by atoms with E-state index in [1.54, 1.807) is 36.4 Å². The molecule has 134 valence electrons. The number of aliphatic imine (C=N–C) groups is 1. The highest BCUT2D eigenvalue weighted by Crippen LogP contribution is 2.28. The Bertz CT molecular complexity index is 882. The Morgan fingerprint density at radius 1 is 1.12 bits per heavy atom. The molecule has 0 atom stereocenters. The number of carbonyl (C=O) groups excluding carboxylic acids is 1. The summed E-state index contributed by atoms with van der Waals surface area (Å²) in [4.78, 5) is 16.5. The van der Waals surface area contributed by atoms with Crippen LogP contribution in [0.1, 0.15) is 40.9 Å². The first kappa shape index (κ1) is 19.0. The smallest absolute Gasteiger partial charge is 0.279 e. The van der Waals surface area contributed by atoms with E-state index in [0.29, 0.717) is 41.4 Å². The normalized spacial score (nSPS) is 10.9. The summed E-state index contributed by atoms with van der Waals surface area (Å²) in [5.41, 5.74) is 8.27. The molecule has 0 bridgehead atoms. The van der Waals surface area contributed by atoms with Gasteiger partial charge in [0.25, 0.3) is 5.91 Å². The van der Waals surface area contributed by atoms with E-state index in [9.17, 15) is 4.79 Å². The van der Waals surface area contributed by atoms with Gasteiger partial charge in [-0.2, -0.15) is 10.3 Å². The van der Waals surface area contributed by atoms with Gasteiger partial charge in [0.1, 0.15) is 5.84 Å². The third-order valence-electron chi connectivity index (χ3n) is 3.64. The lowest BCUT2D eigenvalue weighted by molar-refractivity contribution is 0.100. The summed E-state index contributed by atoms with van der Waals surface area (Å²) < 4.78 is 11.0. The van der Waals surface area contributed by atoms with Crippen molar-refractivity contribution in [3.05, 3.63) is 58.7 Å². The molecule has 6 heteroatoms. The monoisotopic (exact) mass is 351 g/mol. The van der Waals surface area contributed by atoms with Crippen LogP contribution in [0.4, 0.5) is 0 Å². The van der Waals surface area contributed by atoms with Gasteiger partial charge in [-0.05, 0) is 62.7 Å². The molecule has 26 heavy (non-hydrogen) atoms. The number of carbonyl (C=O) groups is 1. The van der Waals surface area contributed by atoms with Gasteiger partial charge in [-0.1, -0.05) is 0 Å². The average Bonchev–Trinajstić information content (AvgIpc) is 2.63. The summed E-state index contributed by atoms with van der Waals surface area (Å²) in [6.45, 7) is 6.49. The Kier molecular flexibility index (Phi) is 6.34. The maximum Gasteiger partial charge on any atom is 0.279 e. The van der Waals surface area contributed by atoms with Crippen LogP contribution in [0.15, 0.2) is 41.4 Å². The van der Waals surface area contributed by atoms with E-state index in [-0.39, 0.29) is 5.84 Å². The van der Waals surface area contributed by atoms with Crippen LogP contribution < -0.4 is 15.2 Å². The highest BCUT2D eigenvalue weighted by Gasteiger charge is 2.13. The van der Waals surface area contributed by atoms with E-state index in [4.69, 9.17) is 20.5 Å². The molecule has 0 unspecified atom stereocenters. The number of nitriles is 1. The Balaban J connectivity index is 2.32. The topological polar surface area (TPSA) is 97.7 Å². The predicted octanol–water partition coefficient (Wildman–Crippen LogP) is 3.21. The number of hydrogen-bond acceptors (Lipinski definition) is 4. The van der Waals surface area contributed by atoms with Crippen LogP contribution in [-0.2, 0) is 0 Å². The molecule has 0 saturated carbocycles. The van der Waals surface area contributed by atoms with Crippen LogP contribution in [0.2, 0.25) is 0 Å². The van der Waals surface area contributed by atoms with E-state index in [2.05, 4.69) is 11.1 Å². The zero-order valence-electron chi connectivity index (χ0n) is 15.1. The molecule has 0 radical (unpaired) electrons. The molecule has 2 N–H and O–H groups in total. The second kappa shape index (κ2) is 8.67. The number of aryl methyl sites for hydroxylation is 1. The molecule has 0 fully saturated rings. The van der Waals surface area contributed by atoms with Crippen molar-refractivity contribution in [3.8, 4) is 17.6 Å². The summed E-state index contributed by atoms with van der Waals surface area (Å²) in [5, 5.41) is 8.93. The molecule has 2 aromatic rings. The molecule has 1 amide bonds. The molecule has 2 aromatic carbocycles. The lowest BCUT2D eigenvalue weighted by Gasteiger charge is -2.11. The Morgan fingerprint density at radius 3 is 2.42 bits per heavy atom.